The Kier molecular flexibility index (Phi) is 6.72. The van der Waals surface area contributed by atoms with Crippen LogP contribution < -0.4 is 15.5 Å². The topological polar surface area (TPSA) is 61.4 Å². The average molecular weight is 357 g/mol. The molecule has 26 heavy (non-hydrogen) atoms. The molecular weight excluding hydrogens is 333 g/mol. The number of amides is 2. The third kappa shape index (κ3) is 5.31. The van der Waals surface area contributed by atoms with E-state index in [1.807, 2.05) is 25.9 Å². The number of carbonyl (C=O) groups is 2. The van der Waals surface area contributed by atoms with Gasteiger partial charge in [0.05, 0.1) is 5.56 Å². The lowest BCUT2D eigenvalue weighted by Gasteiger charge is -2.18. The first-order valence-electron chi connectivity index (χ1n) is 8.54. The SMILES string of the molecule is CCCC(=O)Nc1ccc(N(C)C)c(C(=O)NCc2ccc(F)cc2)c1. The van der Waals surface area contributed by atoms with Crippen molar-refractivity contribution in [3.8, 4) is 0 Å². The quantitative estimate of drug-likeness (QED) is 0.796. The molecule has 0 spiro atoms. The molecule has 0 aliphatic rings. The van der Waals surface area contributed by atoms with Gasteiger partial charge < -0.3 is 15.5 Å². The van der Waals surface area contributed by atoms with E-state index in [0.717, 1.165) is 17.7 Å². The number of benzene rings is 2. The lowest BCUT2D eigenvalue weighted by Crippen LogP contribution is -2.25. The third-order valence-corrected chi connectivity index (χ3v) is 3.85. The zero-order valence-electron chi connectivity index (χ0n) is 15.3. The van der Waals surface area contributed by atoms with Crippen LogP contribution >= 0.6 is 0 Å². The van der Waals surface area contributed by atoms with Gasteiger partial charge in [-0.3, -0.25) is 9.59 Å². The minimum Gasteiger partial charge on any atom is -0.377 e. The van der Waals surface area contributed by atoms with Gasteiger partial charge >= 0.3 is 0 Å². The van der Waals surface area contributed by atoms with E-state index in [9.17, 15) is 14.0 Å². The fourth-order valence-corrected chi connectivity index (χ4v) is 2.52. The molecule has 0 aromatic heterocycles. The largest absolute Gasteiger partial charge is 0.377 e. The number of halogens is 1. The van der Waals surface area contributed by atoms with Crippen LogP contribution in [0.4, 0.5) is 15.8 Å². The zero-order chi connectivity index (χ0) is 19.1. The predicted octanol–water partition coefficient (Wildman–Crippen LogP) is 3.56. The van der Waals surface area contributed by atoms with E-state index in [2.05, 4.69) is 10.6 Å². The summed E-state index contributed by atoms with van der Waals surface area (Å²) >= 11 is 0. The van der Waals surface area contributed by atoms with Crippen molar-refractivity contribution >= 4 is 23.2 Å². The number of nitrogens with one attached hydrogen (secondary N) is 2. The summed E-state index contributed by atoms with van der Waals surface area (Å²) in [5.74, 6) is -0.655. The summed E-state index contributed by atoms with van der Waals surface area (Å²) in [5.41, 5.74) is 2.60. The van der Waals surface area contributed by atoms with E-state index in [1.165, 1.54) is 12.1 Å². The smallest absolute Gasteiger partial charge is 0.253 e. The summed E-state index contributed by atoms with van der Waals surface area (Å²) in [5, 5.41) is 5.64. The van der Waals surface area contributed by atoms with Gasteiger partial charge in [-0.1, -0.05) is 19.1 Å². The molecule has 0 aliphatic heterocycles. The van der Waals surface area contributed by atoms with Gasteiger partial charge in [0.2, 0.25) is 5.91 Å². The molecule has 0 saturated carbocycles. The van der Waals surface area contributed by atoms with Crippen LogP contribution in [0.1, 0.15) is 35.7 Å². The Morgan fingerprint density at radius 1 is 1.08 bits per heavy atom. The van der Waals surface area contributed by atoms with Crippen LogP contribution in [0, 0.1) is 5.82 Å². The highest BCUT2D eigenvalue weighted by Crippen LogP contribution is 2.23. The number of anilines is 2. The number of hydrogen-bond donors (Lipinski definition) is 2. The average Bonchev–Trinajstić information content (AvgIpc) is 2.61. The molecule has 0 radical (unpaired) electrons. The lowest BCUT2D eigenvalue weighted by atomic mass is 10.1. The fraction of sp³-hybridized carbons (Fsp3) is 0.300. The molecule has 138 valence electrons. The maximum Gasteiger partial charge on any atom is 0.253 e. The summed E-state index contributed by atoms with van der Waals surface area (Å²) in [7, 11) is 3.70. The second kappa shape index (κ2) is 8.99. The first-order chi connectivity index (χ1) is 12.4. The van der Waals surface area contributed by atoms with Crippen molar-refractivity contribution in [2.45, 2.75) is 26.3 Å². The minimum atomic E-state index is -0.314. The Morgan fingerprint density at radius 2 is 1.77 bits per heavy atom. The lowest BCUT2D eigenvalue weighted by molar-refractivity contribution is -0.116. The molecule has 6 heteroatoms. The predicted molar refractivity (Wildman–Crippen MR) is 102 cm³/mol. The van der Waals surface area contributed by atoms with Gasteiger partial charge in [0.25, 0.3) is 5.91 Å². The van der Waals surface area contributed by atoms with Crippen LogP contribution in [0.3, 0.4) is 0 Å². The summed E-state index contributed by atoms with van der Waals surface area (Å²) in [6.45, 7) is 2.22. The minimum absolute atomic E-state index is 0.0808. The highest BCUT2D eigenvalue weighted by Gasteiger charge is 2.14. The van der Waals surface area contributed by atoms with Crippen molar-refractivity contribution < 1.29 is 14.0 Å². The summed E-state index contributed by atoms with van der Waals surface area (Å²) in [6, 6.07) is 11.2. The van der Waals surface area contributed by atoms with Gasteiger partial charge in [0.1, 0.15) is 5.82 Å². The van der Waals surface area contributed by atoms with Gasteiger partial charge in [-0.2, -0.15) is 0 Å². The van der Waals surface area contributed by atoms with Gasteiger partial charge in [-0.25, -0.2) is 4.39 Å². The highest BCUT2D eigenvalue weighted by atomic mass is 19.1. The Bertz CT molecular complexity index is 773. The van der Waals surface area contributed by atoms with Crippen LogP contribution in [0.15, 0.2) is 42.5 Å². The molecule has 0 bridgehead atoms. The maximum absolute atomic E-state index is 13.0. The summed E-state index contributed by atoms with van der Waals surface area (Å²) < 4.78 is 13.0. The first-order valence-corrected chi connectivity index (χ1v) is 8.54. The molecule has 2 rings (SSSR count). The molecule has 0 aliphatic carbocycles. The van der Waals surface area contributed by atoms with E-state index in [0.29, 0.717) is 24.2 Å². The molecule has 0 fully saturated rings. The zero-order valence-corrected chi connectivity index (χ0v) is 15.3. The van der Waals surface area contributed by atoms with Crippen molar-refractivity contribution in [1.29, 1.82) is 0 Å². The molecule has 2 aromatic rings. The Hall–Kier alpha value is -2.89. The number of rotatable bonds is 7. The summed E-state index contributed by atoms with van der Waals surface area (Å²) in [4.78, 5) is 26.3. The Labute approximate surface area is 153 Å². The fourth-order valence-electron chi connectivity index (χ4n) is 2.52. The molecule has 2 N–H and O–H groups in total. The second-order valence-electron chi connectivity index (χ2n) is 6.23. The van der Waals surface area contributed by atoms with E-state index in [4.69, 9.17) is 0 Å². The number of hydrogen-bond acceptors (Lipinski definition) is 3. The Balaban J connectivity index is 2.16. The van der Waals surface area contributed by atoms with Crippen LogP contribution in [0.2, 0.25) is 0 Å². The van der Waals surface area contributed by atoms with Gasteiger partial charge in [-0.15, -0.1) is 0 Å². The van der Waals surface area contributed by atoms with E-state index in [1.54, 1.807) is 30.3 Å². The normalized spacial score (nSPS) is 10.3. The molecule has 0 heterocycles. The Morgan fingerprint density at radius 3 is 2.38 bits per heavy atom. The standard InChI is InChI=1S/C20H24FN3O2/c1-4-5-19(25)23-16-10-11-18(24(2)3)17(12-16)20(26)22-13-14-6-8-15(21)9-7-14/h6-12H,4-5,13H2,1-3H3,(H,22,26)(H,23,25). The van der Waals surface area contributed by atoms with Gasteiger partial charge in [0, 0.05) is 38.4 Å². The van der Waals surface area contributed by atoms with Crippen molar-refractivity contribution in [3.63, 3.8) is 0 Å². The molecular formula is C20H24FN3O2. The van der Waals surface area contributed by atoms with E-state index < -0.39 is 0 Å². The van der Waals surface area contributed by atoms with Crippen LogP contribution in [-0.4, -0.2) is 25.9 Å². The highest BCUT2D eigenvalue weighted by molar-refractivity contribution is 6.02. The number of nitrogens with zero attached hydrogens (tertiary/aromatic N) is 1. The molecule has 2 amide bonds. The van der Waals surface area contributed by atoms with E-state index in [-0.39, 0.29) is 17.6 Å². The van der Waals surface area contributed by atoms with Gasteiger partial charge in [-0.05, 0) is 42.3 Å². The monoisotopic (exact) mass is 357 g/mol. The van der Waals surface area contributed by atoms with Crippen molar-refractivity contribution in [3.05, 3.63) is 59.4 Å². The van der Waals surface area contributed by atoms with Crippen LogP contribution in [0.25, 0.3) is 0 Å². The molecule has 0 unspecified atom stereocenters. The van der Waals surface area contributed by atoms with Crippen molar-refractivity contribution in [2.24, 2.45) is 0 Å². The number of carbonyl (C=O) groups excluding carboxylic acids is 2. The summed E-state index contributed by atoms with van der Waals surface area (Å²) in [6.07, 6.45) is 1.19. The van der Waals surface area contributed by atoms with E-state index >= 15 is 0 Å². The third-order valence-electron chi connectivity index (χ3n) is 3.85. The van der Waals surface area contributed by atoms with Crippen LogP contribution in [-0.2, 0) is 11.3 Å². The van der Waals surface area contributed by atoms with Crippen molar-refractivity contribution in [1.82, 2.24) is 5.32 Å². The molecule has 0 saturated heterocycles. The first kappa shape index (κ1) is 19.4. The molecule has 5 nitrogen and oxygen atoms in total. The molecule has 0 atom stereocenters. The van der Waals surface area contributed by atoms with Crippen molar-refractivity contribution in [2.75, 3.05) is 24.3 Å². The second-order valence-corrected chi connectivity index (χ2v) is 6.23. The van der Waals surface area contributed by atoms with Gasteiger partial charge in [0.15, 0.2) is 0 Å². The maximum atomic E-state index is 13.0. The molecule has 2 aromatic carbocycles. The van der Waals surface area contributed by atoms with Crippen LogP contribution in [0.5, 0.6) is 0 Å².